The van der Waals surface area contributed by atoms with E-state index in [4.69, 9.17) is 0 Å². The fourth-order valence-electron chi connectivity index (χ4n) is 1.80. The highest BCUT2D eigenvalue weighted by Gasteiger charge is 2.32. The first-order valence-corrected chi connectivity index (χ1v) is 5.61. The molecule has 1 saturated carbocycles. The third kappa shape index (κ3) is 3.16. The van der Waals surface area contributed by atoms with Crippen LogP contribution in [-0.4, -0.2) is 0 Å². The van der Waals surface area contributed by atoms with Crippen LogP contribution in [0.1, 0.15) is 54.4 Å². The number of rotatable bonds is 2. The van der Waals surface area contributed by atoms with Crippen LogP contribution in [0.2, 0.25) is 0 Å². The molecule has 0 amide bonds. The van der Waals surface area contributed by atoms with Crippen LogP contribution >= 0.6 is 0 Å². The molecule has 0 heteroatoms. The summed E-state index contributed by atoms with van der Waals surface area (Å²) in [4.78, 5) is 0. The van der Waals surface area contributed by atoms with Crippen molar-refractivity contribution in [3.63, 3.8) is 0 Å². The van der Waals surface area contributed by atoms with Crippen molar-refractivity contribution in [3.05, 3.63) is 0 Å². The van der Waals surface area contributed by atoms with Gasteiger partial charge in [0.25, 0.3) is 0 Å². The van der Waals surface area contributed by atoms with Crippen LogP contribution in [0.4, 0.5) is 0 Å². The van der Waals surface area contributed by atoms with E-state index in [1.54, 1.807) is 0 Å². The maximum absolute atomic E-state index is 2.35. The van der Waals surface area contributed by atoms with Gasteiger partial charge in [0, 0.05) is 0 Å². The van der Waals surface area contributed by atoms with Crippen molar-refractivity contribution in [2.45, 2.75) is 54.4 Å². The molecule has 0 nitrogen and oxygen atoms in total. The molecule has 1 aliphatic carbocycles. The summed E-state index contributed by atoms with van der Waals surface area (Å²) in [6.07, 6.45) is 2.99. The maximum atomic E-state index is 2.35. The molecule has 0 atom stereocenters. The first-order valence-electron chi connectivity index (χ1n) is 5.61. The summed E-state index contributed by atoms with van der Waals surface area (Å²) in [5, 5.41) is 0. The van der Waals surface area contributed by atoms with Gasteiger partial charge in [0.15, 0.2) is 0 Å². The summed E-state index contributed by atoms with van der Waals surface area (Å²) in [5.41, 5.74) is 0. The van der Waals surface area contributed by atoms with E-state index in [0.717, 1.165) is 23.7 Å². The molecule has 0 saturated heterocycles. The molecule has 0 spiro atoms. The molecule has 1 rings (SSSR count). The van der Waals surface area contributed by atoms with E-state index in [-0.39, 0.29) is 0 Å². The van der Waals surface area contributed by atoms with E-state index in [0.29, 0.717) is 0 Å². The van der Waals surface area contributed by atoms with Gasteiger partial charge in [-0.1, -0.05) is 41.5 Å². The second-order valence-corrected chi connectivity index (χ2v) is 4.48. The topological polar surface area (TPSA) is 0 Å². The third-order valence-electron chi connectivity index (χ3n) is 3.10. The summed E-state index contributed by atoms with van der Waals surface area (Å²) in [6.45, 7) is 13.4. The van der Waals surface area contributed by atoms with Gasteiger partial charge in [-0.25, -0.2) is 0 Å². The van der Waals surface area contributed by atoms with E-state index in [2.05, 4.69) is 27.7 Å². The monoisotopic (exact) mass is 170 g/mol. The molecular formula is C12H26. The van der Waals surface area contributed by atoms with Crippen LogP contribution in [-0.2, 0) is 0 Å². The van der Waals surface area contributed by atoms with Gasteiger partial charge in [-0.05, 0) is 36.5 Å². The lowest BCUT2D eigenvalue weighted by Crippen LogP contribution is -2.30. The summed E-state index contributed by atoms with van der Waals surface area (Å²) in [7, 11) is 0. The summed E-state index contributed by atoms with van der Waals surface area (Å²) >= 11 is 0. The summed E-state index contributed by atoms with van der Waals surface area (Å²) < 4.78 is 0. The molecule has 0 bridgehead atoms. The molecule has 0 heterocycles. The van der Waals surface area contributed by atoms with E-state index in [1.165, 1.54) is 12.8 Å². The lowest BCUT2D eigenvalue weighted by atomic mass is 9.65. The van der Waals surface area contributed by atoms with E-state index < -0.39 is 0 Å². The maximum Gasteiger partial charge on any atom is -0.0386 e. The van der Waals surface area contributed by atoms with Crippen LogP contribution in [0.3, 0.4) is 0 Å². The Morgan fingerprint density at radius 2 is 1.00 bits per heavy atom. The SMILES string of the molecule is CC.CC(C)C1CC(C(C)C)C1. The fraction of sp³-hybridized carbons (Fsp3) is 1.00. The van der Waals surface area contributed by atoms with Crippen molar-refractivity contribution in [3.8, 4) is 0 Å². The smallest absolute Gasteiger partial charge is 0.0386 e. The molecule has 1 aliphatic rings. The van der Waals surface area contributed by atoms with Crippen LogP contribution in [0.25, 0.3) is 0 Å². The molecule has 0 radical (unpaired) electrons. The Morgan fingerprint density at radius 1 is 0.750 bits per heavy atom. The van der Waals surface area contributed by atoms with Gasteiger partial charge in [0.2, 0.25) is 0 Å². The van der Waals surface area contributed by atoms with Crippen LogP contribution in [0.5, 0.6) is 0 Å². The van der Waals surface area contributed by atoms with Gasteiger partial charge in [-0.2, -0.15) is 0 Å². The van der Waals surface area contributed by atoms with Crippen molar-refractivity contribution in [2.75, 3.05) is 0 Å². The molecule has 0 aromatic heterocycles. The highest BCUT2D eigenvalue weighted by molar-refractivity contribution is 4.82. The van der Waals surface area contributed by atoms with E-state index >= 15 is 0 Å². The molecule has 0 aromatic rings. The van der Waals surface area contributed by atoms with Gasteiger partial charge in [-0.3, -0.25) is 0 Å². The molecule has 74 valence electrons. The van der Waals surface area contributed by atoms with Crippen LogP contribution < -0.4 is 0 Å². The minimum absolute atomic E-state index is 0.926. The Labute approximate surface area is 78.8 Å². The Balaban J connectivity index is 0.000000561. The summed E-state index contributed by atoms with van der Waals surface area (Å²) in [5.74, 6) is 3.95. The van der Waals surface area contributed by atoms with Crippen molar-refractivity contribution in [2.24, 2.45) is 23.7 Å². The third-order valence-corrected chi connectivity index (χ3v) is 3.10. The lowest BCUT2D eigenvalue weighted by molar-refractivity contribution is 0.102. The van der Waals surface area contributed by atoms with Crippen molar-refractivity contribution < 1.29 is 0 Å². The first kappa shape index (κ1) is 12.0. The standard InChI is InChI=1S/C10H20.C2H6/c1-7(2)9-5-10(6-9)8(3)4;1-2/h7-10H,5-6H2,1-4H3;1-2H3. The quantitative estimate of drug-likeness (QED) is 0.578. The molecule has 0 N–H and O–H groups in total. The Morgan fingerprint density at radius 3 is 1.17 bits per heavy atom. The van der Waals surface area contributed by atoms with Crippen LogP contribution in [0, 0.1) is 23.7 Å². The Hall–Kier alpha value is 0. The average molecular weight is 170 g/mol. The average Bonchev–Trinajstić information content (AvgIpc) is 1.86. The number of hydrogen-bond donors (Lipinski definition) is 0. The zero-order chi connectivity index (χ0) is 9.72. The van der Waals surface area contributed by atoms with Crippen molar-refractivity contribution >= 4 is 0 Å². The van der Waals surface area contributed by atoms with Crippen molar-refractivity contribution in [1.82, 2.24) is 0 Å². The second-order valence-electron chi connectivity index (χ2n) is 4.48. The Kier molecular flexibility index (Phi) is 5.61. The predicted molar refractivity (Wildman–Crippen MR) is 57.2 cm³/mol. The molecule has 0 aromatic carbocycles. The largest absolute Gasteiger partial charge is 0.0683 e. The molecule has 1 fully saturated rings. The van der Waals surface area contributed by atoms with Gasteiger partial charge in [-0.15, -0.1) is 0 Å². The predicted octanol–water partition coefficient (Wildman–Crippen LogP) is 4.35. The molecular weight excluding hydrogens is 144 g/mol. The lowest BCUT2D eigenvalue weighted by Gasteiger charge is -2.40. The minimum atomic E-state index is 0.926. The first-order chi connectivity index (χ1) is 5.61. The minimum Gasteiger partial charge on any atom is -0.0683 e. The molecule has 0 aliphatic heterocycles. The van der Waals surface area contributed by atoms with Gasteiger partial charge < -0.3 is 0 Å². The second kappa shape index (κ2) is 5.61. The normalized spacial score (nSPS) is 28.0. The van der Waals surface area contributed by atoms with Gasteiger partial charge in [0.1, 0.15) is 0 Å². The van der Waals surface area contributed by atoms with E-state index in [1.807, 2.05) is 13.8 Å². The van der Waals surface area contributed by atoms with E-state index in [9.17, 15) is 0 Å². The highest BCUT2D eigenvalue weighted by Crippen LogP contribution is 2.42. The fourth-order valence-corrected chi connectivity index (χ4v) is 1.80. The molecule has 0 unspecified atom stereocenters. The molecule has 12 heavy (non-hydrogen) atoms. The Bertz CT molecular complexity index is 84.6. The van der Waals surface area contributed by atoms with Gasteiger partial charge in [0.05, 0.1) is 0 Å². The van der Waals surface area contributed by atoms with Crippen molar-refractivity contribution in [1.29, 1.82) is 0 Å². The van der Waals surface area contributed by atoms with Crippen LogP contribution in [0.15, 0.2) is 0 Å². The zero-order valence-corrected chi connectivity index (χ0v) is 9.72. The number of hydrogen-bond acceptors (Lipinski definition) is 0. The summed E-state index contributed by atoms with van der Waals surface area (Å²) in [6, 6.07) is 0. The van der Waals surface area contributed by atoms with Gasteiger partial charge >= 0.3 is 0 Å². The zero-order valence-electron chi connectivity index (χ0n) is 9.72. The highest BCUT2D eigenvalue weighted by atomic mass is 14.4.